The van der Waals surface area contributed by atoms with Crippen molar-refractivity contribution in [3.05, 3.63) is 54.0 Å². The average molecular weight is 425 g/mol. The second-order valence-corrected chi connectivity index (χ2v) is 7.26. The van der Waals surface area contributed by atoms with Crippen LogP contribution in [0.4, 0.5) is 10.1 Å². The number of nitrogens with zero attached hydrogens (tertiary/aromatic N) is 3. The lowest BCUT2D eigenvalue weighted by Gasteiger charge is -2.24. The van der Waals surface area contributed by atoms with Gasteiger partial charge in [-0.2, -0.15) is 5.10 Å². The second-order valence-electron chi connectivity index (χ2n) is 7.26. The molecule has 4 N–H and O–H groups in total. The highest BCUT2D eigenvalue weighted by atomic mass is 19.1. The largest absolute Gasteiger partial charge is 0.505 e. The molecule has 31 heavy (non-hydrogen) atoms. The number of amides is 3. The molecule has 0 saturated carbocycles. The summed E-state index contributed by atoms with van der Waals surface area (Å²) in [5, 5.41) is 16.6. The zero-order valence-electron chi connectivity index (χ0n) is 16.4. The first-order valence-corrected chi connectivity index (χ1v) is 9.70. The van der Waals surface area contributed by atoms with E-state index < -0.39 is 29.4 Å². The van der Waals surface area contributed by atoms with Crippen LogP contribution in [0.2, 0.25) is 0 Å². The Kier molecular flexibility index (Phi) is 5.28. The van der Waals surface area contributed by atoms with Crippen LogP contribution in [0.3, 0.4) is 0 Å². The summed E-state index contributed by atoms with van der Waals surface area (Å²) in [6.45, 7) is 0.180. The number of aromatic hydroxyl groups is 1. The minimum absolute atomic E-state index is 0.0680. The Labute approximate surface area is 176 Å². The molecule has 3 amide bonds. The number of fused-ring (bicyclic) bond motifs is 1. The van der Waals surface area contributed by atoms with E-state index in [-0.39, 0.29) is 23.8 Å². The summed E-state index contributed by atoms with van der Waals surface area (Å²) in [6.07, 6.45) is 1.03. The highest BCUT2D eigenvalue weighted by molar-refractivity contribution is 6.04. The molecule has 9 nitrogen and oxygen atoms in total. The molecule has 0 spiro atoms. The number of hydrogen-bond donors (Lipinski definition) is 3. The standard InChI is InChI=1S/C21H20FN5O4/c22-18-13(6-3-9-16(18)28)24-21(31)15-8-4-10-26(15)17(29)11-27-14-7-2-1-5-12(14)19(25-27)20(23)30/h1-3,5-7,9,15,28H,4,8,10-11H2,(H2,23,30)(H,24,31)/t15-/m0/s1. The lowest BCUT2D eigenvalue weighted by Crippen LogP contribution is -2.44. The van der Waals surface area contributed by atoms with Gasteiger partial charge < -0.3 is 21.1 Å². The van der Waals surface area contributed by atoms with Crippen LogP contribution in [0.15, 0.2) is 42.5 Å². The Morgan fingerprint density at radius 1 is 1.19 bits per heavy atom. The van der Waals surface area contributed by atoms with Crippen molar-refractivity contribution < 1.29 is 23.9 Å². The van der Waals surface area contributed by atoms with Crippen molar-refractivity contribution in [3.8, 4) is 5.75 Å². The number of phenolic OH excluding ortho intramolecular Hbond substituents is 1. The molecule has 4 rings (SSSR count). The van der Waals surface area contributed by atoms with Crippen molar-refractivity contribution in [2.75, 3.05) is 11.9 Å². The second kappa shape index (κ2) is 8.05. The topological polar surface area (TPSA) is 131 Å². The Morgan fingerprint density at radius 2 is 1.97 bits per heavy atom. The minimum atomic E-state index is -0.936. The highest BCUT2D eigenvalue weighted by Gasteiger charge is 2.35. The lowest BCUT2D eigenvalue weighted by molar-refractivity contribution is -0.137. The van der Waals surface area contributed by atoms with E-state index in [4.69, 9.17) is 5.73 Å². The highest BCUT2D eigenvalue weighted by Crippen LogP contribution is 2.25. The normalized spacial score (nSPS) is 15.9. The van der Waals surface area contributed by atoms with Gasteiger partial charge in [0.1, 0.15) is 12.6 Å². The molecule has 1 aliphatic heterocycles. The molecule has 1 fully saturated rings. The molecule has 2 heterocycles. The summed E-state index contributed by atoms with van der Waals surface area (Å²) in [5.41, 5.74) is 5.88. The van der Waals surface area contributed by atoms with Gasteiger partial charge in [-0.3, -0.25) is 19.1 Å². The van der Waals surface area contributed by atoms with Gasteiger partial charge in [-0.25, -0.2) is 4.39 Å². The van der Waals surface area contributed by atoms with Crippen LogP contribution in [-0.2, 0) is 16.1 Å². The quantitative estimate of drug-likeness (QED) is 0.572. The van der Waals surface area contributed by atoms with Crippen LogP contribution in [0.25, 0.3) is 10.9 Å². The van der Waals surface area contributed by atoms with Crippen LogP contribution in [-0.4, -0.2) is 50.1 Å². The maximum absolute atomic E-state index is 14.0. The van der Waals surface area contributed by atoms with E-state index in [1.165, 1.54) is 27.8 Å². The molecule has 1 aliphatic rings. The van der Waals surface area contributed by atoms with E-state index in [0.29, 0.717) is 30.3 Å². The molecule has 0 unspecified atom stereocenters. The van der Waals surface area contributed by atoms with Crippen molar-refractivity contribution in [1.82, 2.24) is 14.7 Å². The number of nitrogens with one attached hydrogen (secondary N) is 1. The zero-order valence-corrected chi connectivity index (χ0v) is 16.4. The summed E-state index contributed by atoms with van der Waals surface area (Å²) >= 11 is 0. The third-order valence-electron chi connectivity index (χ3n) is 5.29. The number of benzene rings is 2. The molecule has 3 aromatic rings. The number of nitrogens with two attached hydrogens (primary N) is 1. The number of halogens is 1. The predicted molar refractivity (Wildman–Crippen MR) is 110 cm³/mol. The maximum atomic E-state index is 14.0. The van der Waals surface area contributed by atoms with Crippen molar-refractivity contribution >= 4 is 34.3 Å². The summed E-state index contributed by atoms with van der Waals surface area (Å²) in [6, 6.07) is 10.0. The number of phenols is 1. The number of primary amides is 1. The fraction of sp³-hybridized carbons (Fsp3) is 0.238. The molecule has 1 saturated heterocycles. The average Bonchev–Trinajstić information content (AvgIpc) is 3.37. The SMILES string of the molecule is NC(=O)c1nn(CC(=O)N2CCC[C@H]2C(=O)Nc2cccc(O)c2F)c2ccccc12. The van der Waals surface area contributed by atoms with E-state index >= 15 is 0 Å². The number of carbonyl (C=O) groups is 3. The van der Waals surface area contributed by atoms with Gasteiger partial charge in [-0.15, -0.1) is 0 Å². The molecule has 1 atom stereocenters. The smallest absolute Gasteiger partial charge is 0.269 e. The van der Waals surface area contributed by atoms with Crippen LogP contribution >= 0.6 is 0 Å². The number of rotatable bonds is 5. The van der Waals surface area contributed by atoms with Crippen LogP contribution in [0.1, 0.15) is 23.3 Å². The van der Waals surface area contributed by atoms with Gasteiger partial charge in [0.05, 0.1) is 11.2 Å². The third kappa shape index (κ3) is 3.79. The first kappa shape index (κ1) is 20.3. The molecule has 0 bridgehead atoms. The minimum Gasteiger partial charge on any atom is -0.505 e. The first-order chi connectivity index (χ1) is 14.9. The van der Waals surface area contributed by atoms with Crippen molar-refractivity contribution in [1.29, 1.82) is 0 Å². The summed E-state index contributed by atoms with van der Waals surface area (Å²) in [7, 11) is 0. The third-order valence-corrected chi connectivity index (χ3v) is 5.29. The predicted octanol–water partition coefficient (Wildman–Crippen LogP) is 1.61. The Hall–Kier alpha value is -3.95. The first-order valence-electron chi connectivity index (χ1n) is 9.70. The zero-order chi connectivity index (χ0) is 22.1. The van der Waals surface area contributed by atoms with Gasteiger partial charge in [0, 0.05) is 11.9 Å². The van der Waals surface area contributed by atoms with E-state index in [0.717, 1.165) is 0 Å². The summed E-state index contributed by atoms with van der Waals surface area (Å²) < 4.78 is 15.4. The van der Waals surface area contributed by atoms with Gasteiger partial charge >= 0.3 is 0 Å². The van der Waals surface area contributed by atoms with Gasteiger partial charge in [-0.05, 0) is 31.0 Å². The number of anilines is 1. The lowest BCUT2D eigenvalue weighted by atomic mass is 10.2. The van der Waals surface area contributed by atoms with Gasteiger partial charge in [-0.1, -0.05) is 24.3 Å². The molecule has 0 radical (unpaired) electrons. The van der Waals surface area contributed by atoms with E-state index in [1.54, 1.807) is 24.3 Å². The van der Waals surface area contributed by atoms with E-state index in [2.05, 4.69) is 10.4 Å². The van der Waals surface area contributed by atoms with Crippen molar-refractivity contribution in [3.63, 3.8) is 0 Å². The Morgan fingerprint density at radius 3 is 2.74 bits per heavy atom. The van der Waals surface area contributed by atoms with Crippen LogP contribution < -0.4 is 11.1 Å². The van der Waals surface area contributed by atoms with E-state index in [1.807, 2.05) is 0 Å². The molecular weight excluding hydrogens is 405 g/mol. The number of hydrogen-bond acceptors (Lipinski definition) is 5. The number of carbonyl (C=O) groups excluding carboxylic acids is 3. The molecule has 1 aromatic heterocycles. The van der Waals surface area contributed by atoms with Crippen LogP contribution in [0.5, 0.6) is 5.75 Å². The Bertz CT molecular complexity index is 1190. The maximum Gasteiger partial charge on any atom is 0.269 e. The van der Waals surface area contributed by atoms with Crippen molar-refractivity contribution in [2.45, 2.75) is 25.4 Å². The summed E-state index contributed by atoms with van der Waals surface area (Å²) in [4.78, 5) is 38.8. The van der Waals surface area contributed by atoms with Crippen molar-refractivity contribution in [2.24, 2.45) is 5.73 Å². The fourth-order valence-corrected chi connectivity index (χ4v) is 3.82. The number of likely N-dealkylation sites (tertiary alicyclic amines) is 1. The number of para-hydroxylation sites is 1. The molecule has 2 aromatic carbocycles. The molecule has 10 heteroatoms. The van der Waals surface area contributed by atoms with Gasteiger partial charge in [0.25, 0.3) is 5.91 Å². The van der Waals surface area contributed by atoms with Gasteiger partial charge in [0.15, 0.2) is 17.3 Å². The summed E-state index contributed by atoms with van der Waals surface area (Å²) in [5.74, 6) is -3.12. The monoisotopic (exact) mass is 425 g/mol. The van der Waals surface area contributed by atoms with Crippen LogP contribution in [0, 0.1) is 5.82 Å². The fourth-order valence-electron chi connectivity index (χ4n) is 3.82. The molecule has 0 aliphatic carbocycles. The number of aromatic nitrogens is 2. The molecular formula is C21H20FN5O4. The molecule has 160 valence electrons. The van der Waals surface area contributed by atoms with E-state index in [9.17, 15) is 23.9 Å². The van der Waals surface area contributed by atoms with Gasteiger partial charge in [0.2, 0.25) is 11.8 Å². The Balaban J connectivity index is 1.53.